The van der Waals surface area contributed by atoms with E-state index in [1.807, 2.05) is 10.8 Å². The molecule has 5 heteroatoms. The summed E-state index contributed by atoms with van der Waals surface area (Å²) in [6, 6.07) is 2.95. The largest absolute Gasteiger partial charge is 0.366 e. The van der Waals surface area contributed by atoms with Gasteiger partial charge in [-0.05, 0) is 12.1 Å². The molecule has 1 N–H and O–H groups in total. The molecule has 0 atom stereocenters. The quantitative estimate of drug-likeness (QED) is 0.824. The molecule has 15 heavy (non-hydrogen) atoms. The molecule has 4 nitrogen and oxygen atoms in total. The summed E-state index contributed by atoms with van der Waals surface area (Å²) in [5.41, 5.74) is 0. The summed E-state index contributed by atoms with van der Waals surface area (Å²) in [5.74, 6) is -0.0410. The lowest BCUT2D eigenvalue weighted by Gasteiger charge is -2.06. The Balaban J connectivity index is 1.86. The van der Waals surface area contributed by atoms with Gasteiger partial charge in [0.1, 0.15) is 0 Å². The van der Waals surface area contributed by atoms with Crippen molar-refractivity contribution in [2.75, 3.05) is 11.9 Å². The number of hydrogen-bond acceptors (Lipinski definition) is 3. The molecule has 0 aliphatic heterocycles. The normalized spacial score (nSPS) is 10.2. The molecule has 78 valence electrons. The first-order chi connectivity index (χ1) is 7.36. The van der Waals surface area contributed by atoms with Crippen LogP contribution in [0.15, 0.2) is 37.1 Å². The molecule has 0 unspecified atom stereocenters. The molecule has 0 fully saturated rings. The molecule has 2 rings (SSSR count). The van der Waals surface area contributed by atoms with Gasteiger partial charge in [-0.25, -0.2) is 14.4 Å². The van der Waals surface area contributed by atoms with Gasteiger partial charge in [0.2, 0.25) is 0 Å². The number of rotatable bonds is 4. The molecule has 2 heterocycles. The number of nitrogens with one attached hydrogen (secondary N) is 1. The fourth-order valence-corrected chi connectivity index (χ4v) is 1.24. The van der Waals surface area contributed by atoms with E-state index in [0.717, 1.165) is 6.54 Å². The predicted octanol–water partition coefficient (Wildman–Crippen LogP) is 1.53. The highest BCUT2D eigenvalue weighted by atomic mass is 19.1. The Hall–Kier alpha value is -1.91. The maximum absolute atomic E-state index is 13.1. The summed E-state index contributed by atoms with van der Waals surface area (Å²) in [4.78, 5) is 7.80. The summed E-state index contributed by atoms with van der Waals surface area (Å²) in [6.45, 7) is 1.35. The third-order valence-electron chi connectivity index (χ3n) is 1.98. The molecular weight excluding hydrogens is 195 g/mol. The number of imidazole rings is 1. The standard InChI is InChI=1S/C10H11FN4/c11-9-2-1-3-13-10(9)14-5-7-15-6-4-12-8-15/h1-4,6,8H,5,7H2,(H,13,14). The number of nitrogens with zero attached hydrogens (tertiary/aromatic N) is 3. The molecular formula is C10H11FN4. The van der Waals surface area contributed by atoms with Gasteiger partial charge in [-0.15, -0.1) is 0 Å². The zero-order chi connectivity index (χ0) is 10.5. The van der Waals surface area contributed by atoms with Crippen molar-refractivity contribution in [2.24, 2.45) is 0 Å². The Morgan fingerprint density at radius 3 is 3.07 bits per heavy atom. The van der Waals surface area contributed by atoms with Gasteiger partial charge in [-0.2, -0.15) is 0 Å². The fraction of sp³-hybridized carbons (Fsp3) is 0.200. The van der Waals surface area contributed by atoms with Crippen molar-refractivity contribution in [3.8, 4) is 0 Å². The van der Waals surface area contributed by atoms with Crippen molar-refractivity contribution >= 4 is 5.82 Å². The Labute approximate surface area is 86.8 Å². The van der Waals surface area contributed by atoms with E-state index in [-0.39, 0.29) is 11.6 Å². The second-order valence-electron chi connectivity index (χ2n) is 3.06. The summed E-state index contributed by atoms with van der Waals surface area (Å²) >= 11 is 0. The van der Waals surface area contributed by atoms with Gasteiger partial charge in [-0.3, -0.25) is 0 Å². The van der Waals surface area contributed by atoms with Crippen LogP contribution in [0.3, 0.4) is 0 Å². The molecule has 0 bridgehead atoms. The highest BCUT2D eigenvalue weighted by Crippen LogP contribution is 2.07. The molecule has 0 spiro atoms. The summed E-state index contributed by atoms with van der Waals surface area (Å²) in [5, 5.41) is 2.92. The van der Waals surface area contributed by atoms with Gasteiger partial charge in [0.15, 0.2) is 11.6 Å². The average molecular weight is 206 g/mol. The molecule has 0 saturated heterocycles. The Kier molecular flexibility index (Phi) is 2.92. The van der Waals surface area contributed by atoms with Crippen molar-refractivity contribution in [1.82, 2.24) is 14.5 Å². The van der Waals surface area contributed by atoms with E-state index < -0.39 is 0 Å². The summed E-state index contributed by atoms with van der Waals surface area (Å²) in [6.07, 6.45) is 6.84. The summed E-state index contributed by atoms with van der Waals surface area (Å²) in [7, 11) is 0. The van der Waals surface area contributed by atoms with E-state index in [0.29, 0.717) is 6.54 Å². The molecule has 0 aliphatic carbocycles. The van der Waals surface area contributed by atoms with Crippen LogP contribution in [0.4, 0.5) is 10.2 Å². The van der Waals surface area contributed by atoms with E-state index in [2.05, 4.69) is 15.3 Å². The van der Waals surface area contributed by atoms with Gasteiger partial charge in [0.05, 0.1) is 6.33 Å². The fourth-order valence-electron chi connectivity index (χ4n) is 1.24. The highest BCUT2D eigenvalue weighted by Gasteiger charge is 1.99. The zero-order valence-corrected chi connectivity index (χ0v) is 8.10. The Morgan fingerprint density at radius 1 is 1.40 bits per heavy atom. The Bertz CT molecular complexity index is 413. The van der Waals surface area contributed by atoms with Crippen LogP contribution in [0.1, 0.15) is 0 Å². The molecule has 0 amide bonds. The van der Waals surface area contributed by atoms with Crippen LogP contribution < -0.4 is 5.32 Å². The first kappa shape index (κ1) is 9.64. The van der Waals surface area contributed by atoms with Crippen molar-refractivity contribution in [3.63, 3.8) is 0 Å². The first-order valence-corrected chi connectivity index (χ1v) is 4.66. The van der Waals surface area contributed by atoms with Crippen molar-refractivity contribution in [2.45, 2.75) is 6.54 Å². The van der Waals surface area contributed by atoms with Crippen LogP contribution in [0.2, 0.25) is 0 Å². The van der Waals surface area contributed by atoms with Crippen molar-refractivity contribution in [3.05, 3.63) is 42.9 Å². The molecule has 0 aromatic carbocycles. The maximum atomic E-state index is 13.1. The third-order valence-corrected chi connectivity index (χ3v) is 1.98. The van der Waals surface area contributed by atoms with E-state index >= 15 is 0 Å². The topological polar surface area (TPSA) is 42.7 Å². The lowest BCUT2D eigenvalue weighted by molar-refractivity contribution is 0.621. The minimum atomic E-state index is -0.330. The molecule has 0 saturated carbocycles. The third kappa shape index (κ3) is 2.52. The second kappa shape index (κ2) is 4.54. The van der Waals surface area contributed by atoms with Crippen molar-refractivity contribution in [1.29, 1.82) is 0 Å². The number of aromatic nitrogens is 3. The van der Waals surface area contributed by atoms with E-state index in [9.17, 15) is 4.39 Å². The smallest absolute Gasteiger partial charge is 0.165 e. The molecule has 2 aromatic heterocycles. The highest BCUT2D eigenvalue weighted by molar-refractivity contribution is 5.35. The lowest BCUT2D eigenvalue weighted by atomic mass is 10.4. The minimum Gasteiger partial charge on any atom is -0.366 e. The predicted molar refractivity (Wildman–Crippen MR) is 54.9 cm³/mol. The van der Waals surface area contributed by atoms with Gasteiger partial charge < -0.3 is 9.88 Å². The summed E-state index contributed by atoms with van der Waals surface area (Å²) < 4.78 is 15.0. The second-order valence-corrected chi connectivity index (χ2v) is 3.06. The van der Waals surface area contributed by atoms with Crippen LogP contribution in [0.5, 0.6) is 0 Å². The van der Waals surface area contributed by atoms with E-state index in [4.69, 9.17) is 0 Å². The molecule has 0 aliphatic rings. The maximum Gasteiger partial charge on any atom is 0.165 e. The van der Waals surface area contributed by atoms with Crippen LogP contribution in [-0.4, -0.2) is 21.1 Å². The number of anilines is 1. The van der Waals surface area contributed by atoms with E-state index in [1.54, 1.807) is 24.8 Å². The minimum absolute atomic E-state index is 0.289. The lowest BCUT2D eigenvalue weighted by Crippen LogP contribution is -2.11. The van der Waals surface area contributed by atoms with Crippen LogP contribution >= 0.6 is 0 Å². The SMILES string of the molecule is Fc1cccnc1NCCn1ccnc1. The Morgan fingerprint density at radius 2 is 2.33 bits per heavy atom. The van der Waals surface area contributed by atoms with Gasteiger partial charge in [0.25, 0.3) is 0 Å². The van der Waals surface area contributed by atoms with Crippen molar-refractivity contribution < 1.29 is 4.39 Å². The molecule has 2 aromatic rings. The van der Waals surface area contributed by atoms with Gasteiger partial charge >= 0.3 is 0 Å². The van der Waals surface area contributed by atoms with E-state index in [1.165, 1.54) is 6.07 Å². The zero-order valence-electron chi connectivity index (χ0n) is 8.10. The van der Waals surface area contributed by atoms with Gasteiger partial charge in [0, 0.05) is 31.7 Å². The molecule has 0 radical (unpaired) electrons. The number of pyridine rings is 1. The van der Waals surface area contributed by atoms with Crippen LogP contribution in [0, 0.1) is 5.82 Å². The number of halogens is 1. The van der Waals surface area contributed by atoms with Gasteiger partial charge in [-0.1, -0.05) is 0 Å². The first-order valence-electron chi connectivity index (χ1n) is 4.66. The van der Waals surface area contributed by atoms with Crippen LogP contribution in [-0.2, 0) is 6.54 Å². The van der Waals surface area contributed by atoms with Crippen LogP contribution in [0.25, 0.3) is 0 Å². The average Bonchev–Trinajstić information content (AvgIpc) is 2.74. The number of hydrogen-bond donors (Lipinski definition) is 1. The monoisotopic (exact) mass is 206 g/mol.